The van der Waals surface area contributed by atoms with Crippen molar-refractivity contribution in [3.8, 4) is 6.07 Å². The Labute approximate surface area is 91.2 Å². The van der Waals surface area contributed by atoms with Crippen LogP contribution in [0.5, 0.6) is 0 Å². The van der Waals surface area contributed by atoms with Gasteiger partial charge in [0.25, 0.3) is 0 Å². The molecule has 1 fully saturated rings. The van der Waals surface area contributed by atoms with Gasteiger partial charge in [-0.25, -0.2) is 0 Å². The smallest absolute Gasteiger partial charge is 0.240 e. The molecule has 1 saturated heterocycles. The molecule has 4 nitrogen and oxygen atoms in total. The van der Waals surface area contributed by atoms with Crippen LogP contribution >= 0.6 is 0 Å². The minimum absolute atomic E-state index is 0.132. The average molecular weight is 209 g/mol. The molecule has 4 heteroatoms. The Bertz CT molecular complexity index is 284. The predicted molar refractivity (Wildman–Crippen MR) is 58.1 cm³/mol. The Hall–Kier alpha value is -1.08. The molecule has 1 N–H and O–H groups in total. The molecule has 0 saturated carbocycles. The predicted octanol–water partition coefficient (Wildman–Crippen LogP) is 0.747. The van der Waals surface area contributed by atoms with Crippen molar-refractivity contribution < 1.29 is 4.79 Å². The molecule has 1 aliphatic rings. The summed E-state index contributed by atoms with van der Waals surface area (Å²) in [5.74, 6) is -0.132. The van der Waals surface area contributed by atoms with E-state index in [1.165, 1.54) is 0 Å². The highest BCUT2D eigenvalue weighted by molar-refractivity contribution is 5.85. The molecule has 2 atom stereocenters. The van der Waals surface area contributed by atoms with Crippen LogP contribution < -0.4 is 5.32 Å². The lowest BCUT2D eigenvalue weighted by Crippen LogP contribution is -2.44. The number of rotatable bonds is 3. The first kappa shape index (κ1) is 12.0. The third-order valence-electron chi connectivity index (χ3n) is 3.18. The lowest BCUT2D eigenvalue weighted by molar-refractivity contribution is -0.128. The van der Waals surface area contributed by atoms with Crippen molar-refractivity contribution in [1.29, 1.82) is 5.26 Å². The maximum atomic E-state index is 11.8. The van der Waals surface area contributed by atoms with Gasteiger partial charge in [0.1, 0.15) is 5.41 Å². The first-order valence-electron chi connectivity index (χ1n) is 5.42. The summed E-state index contributed by atoms with van der Waals surface area (Å²) in [6, 6.07) is 2.30. The largest absolute Gasteiger partial charge is 0.351 e. The van der Waals surface area contributed by atoms with Crippen molar-refractivity contribution in [2.45, 2.75) is 32.7 Å². The molecule has 15 heavy (non-hydrogen) atoms. The SMILES string of the molecule is CCC(C)(C#N)C(=O)NC1CCN(C)C1. The number of carbonyl (C=O) groups is 1. The van der Waals surface area contributed by atoms with E-state index in [9.17, 15) is 4.79 Å². The second-order valence-electron chi connectivity index (χ2n) is 4.52. The molecule has 0 spiro atoms. The van der Waals surface area contributed by atoms with Gasteiger partial charge in [-0.2, -0.15) is 5.26 Å². The van der Waals surface area contributed by atoms with Gasteiger partial charge in [-0.05, 0) is 33.4 Å². The molecule has 1 aliphatic heterocycles. The lowest BCUT2D eigenvalue weighted by Gasteiger charge is -2.21. The van der Waals surface area contributed by atoms with E-state index in [0.717, 1.165) is 19.5 Å². The highest BCUT2D eigenvalue weighted by Gasteiger charge is 2.33. The van der Waals surface area contributed by atoms with Gasteiger partial charge < -0.3 is 10.2 Å². The van der Waals surface area contributed by atoms with E-state index in [4.69, 9.17) is 5.26 Å². The third kappa shape index (κ3) is 2.69. The number of likely N-dealkylation sites (N-methyl/N-ethyl adjacent to an activating group) is 1. The Kier molecular flexibility index (Phi) is 3.70. The molecule has 0 radical (unpaired) electrons. The van der Waals surface area contributed by atoms with Crippen LogP contribution in [0.2, 0.25) is 0 Å². The Morgan fingerprint density at radius 1 is 1.73 bits per heavy atom. The maximum absolute atomic E-state index is 11.8. The Morgan fingerprint density at radius 3 is 2.80 bits per heavy atom. The van der Waals surface area contributed by atoms with Crippen LogP contribution in [-0.4, -0.2) is 37.0 Å². The second kappa shape index (κ2) is 4.63. The number of carbonyl (C=O) groups excluding carboxylic acids is 1. The van der Waals surface area contributed by atoms with E-state index >= 15 is 0 Å². The molecule has 0 aromatic rings. The van der Waals surface area contributed by atoms with Crippen LogP contribution in [0.4, 0.5) is 0 Å². The zero-order chi connectivity index (χ0) is 11.5. The molecule has 0 aliphatic carbocycles. The molecule has 1 amide bonds. The monoisotopic (exact) mass is 209 g/mol. The quantitative estimate of drug-likeness (QED) is 0.746. The fourth-order valence-electron chi connectivity index (χ4n) is 1.69. The summed E-state index contributed by atoms with van der Waals surface area (Å²) < 4.78 is 0. The normalized spacial score (nSPS) is 25.6. The first-order chi connectivity index (χ1) is 7.01. The van der Waals surface area contributed by atoms with Crippen molar-refractivity contribution in [2.75, 3.05) is 20.1 Å². The fourth-order valence-corrected chi connectivity index (χ4v) is 1.69. The minimum Gasteiger partial charge on any atom is -0.351 e. The molecule has 0 bridgehead atoms. The molecule has 2 unspecified atom stereocenters. The number of likely N-dealkylation sites (tertiary alicyclic amines) is 1. The molecular formula is C11H19N3O. The van der Waals surface area contributed by atoms with Crippen LogP contribution in [0.25, 0.3) is 0 Å². The summed E-state index contributed by atoms with van der Waals surface area (Å²) in [4.78, 5) is 14.0. The Morgan fingerprint density at radius 2 is 2.40 bits per heavy atom. The number of nitrogens with zero attached hydrogens (tertiary/aromatic N) is 2. The van der Waals surface area contributed by atoms with E-state index in [0.29, 0.717) is 6.42 Å². The molecule has 0 aromatic heterocycles. The summed E-state index contributed by atoms with van der Waals surface area (Å²) in [5, 5.41) is 11.9. The summed E-state index contributed by atoms with van der Waals surface area (Å²) >= 11 is 0. The zero-order valence-electron chi connectivity index (χ0n) is 9.71. The van der Waals surface area contributed by atoms with Crippen LogP contribution in [0, 0.1) is 16.7 Å². The zero-order valence-corrected chi connectivity index (χ0v) is 9.71. The van der Waals surface area contributed by atoms with E-state index in [-0.39, 0.29) is 11.9 Å². The van der Waals surface area contributed by atoms with Gasteiger partial charge in [0.2, 0.25) is 5.91 Å². The number of hydrogen-bond acceptors (Lipinski definition) is 3. The van der Waals surface area contributed by atoms with E-state index in [1.54, 1.807) is 6.92 Å². The van der Waals surface area contributed by atoms with Crippen LogP contribution in [0.1, 0.15) is 26.7 Å². The lowest BCUT2D eigenvalue weighted by atomic mass is 9.88. The molecule has 0 aromatic carbocycles. The van der Waals surface area contributed by atoms with Crippen molar-refractivity contribution in [3.05, 3.63) is 0 Å². The first-order valence-corrected chi connectivity index (χ1v) is 5.42. The van der Waals surface area contributed by atoms with Crippen LogP contribution in [0.3, 0.4) is 0 Å². The third-order valence-corrected chi connectivity index (χ3v) is 3.18. The van der Waals surface area contributed by atoms with Crippen molar-refractivity contribution in [1.82, 2.24) is 10.2 Å². The average Bonchev–Trinajstić information content (AvgIpc) is 2.62. The van der Waals surface area contributed by atoms with Gasteiger partial charge in [0, 0.05) is 12.6 Å². The molecule has 1 rings (SSSR count). The van der Waals surface area contributed by atoms with Gasteiger partial charge in [-0.1, -0.05) is 6.92 Å². The number of nitrogens with one attached hydrogen (secondary N) is 1. The summed E-state index contributed by atoms with van der Waals surface area (Å²) in [6.07, 6.45) is 1.53. The highest BCUT2D eigenvalue weighted by atomic mass is 16.2. The maximum Gasteiger partial charge on any atom is 0.240 e. The van der Waals surface area contributed by atoms with E-state index < -0.39 is 5.41 Å². The van der Waals surface area contributed by atoms with Crippen LogP contribution in [0.15, 0.2) is 0 Å². The summed E-state index contributed by atoms with van der Waals surface area (Å²) in [7, 11) is 2.04. The van der Waals surface area contributed by atoms with Gasteiger partial charge >= 0.3 is 0 Å². The van der Waals surface area contributed by atoms with Gasteiger partial charge in [-0.3, -0.25) is 4.79 Å². The molecule has 1 heterocycles. The van der Waals surface area contributed by atoms with Gasteiger partial charge in [0.15, 0.2) is 0 Å². The summed E-state index contributed by atoms with van der Waals surface area (Å²) in [6.45, 7) is 5.46. The van der Waals surface area contributed by atoms with Crippen molar-refractivity contribution in [3.63, 3.8) is 0 Å². The number of hydrogen-bond donors (Lipinski definition) is 1. The highest BCUT2D eigenvalue weighted by Crippen LogP contribution is 2.20. The van der Waals surface area contributed by atoms with Crippen LogP contribution in [-0.2, 0) is 4.79 Å². The van der Waals surface area contributed by atoms with E-state index in [2.05, 4.69) is 16.3 Å². The fraction of sp³-hybridized carbons (Fsp3) is 0.818. The molecular weight excluding hydrogens is 190 g/mol. The van der Waals surface area contributed by atoms with Crippen molar-refractivity contribution >= 4 is 5.91 Å². The number of amides is 1. The van der Waals surface area contributed by atoms with Gasteiger partial charge in [0.05, 0.1) is 6.07 Å². The van der Waals surface area contributed by atoms with E-state index in [1.807, 2.05) is 14.0 Å². The minimum atomic E-state index is -0.874. The topological polar surface area (TPSA) is 56.1 Å². The van der Waals surface area contributed by atoms with Crippen molar-refractivity contribution in [2.24, 2.45) is 5.41 Å². The summed E-state index contributed by atoms with van der Waals surface area (Å²) in [5.41, 5.74) is -0.874. The Balaban J connectivity index is 2.52. The second-order valence-corrected chi connectivity index (χ2v) is 4.52. The number of nitriles is 1. The molecule has 84 valence electrons. The van der Waals surface area contributed by atoms with Gasteiger partial charge in [-0.15, -0.1) is 0 Å². The standard InChI is InChI=1S/C11H19N3O/c1-4-11(2,8-12)10(15)13-9-5-6-14(3)7-9/h9H,4-7H2,1-3H3,(H,13,15).